The molecule has 0 bridgehead atoms. The monoisotopic (exact) mass is 242 g/mol. The number of nitrogens with zero attached hydrogens (tertiary/aromatic N) is 1. The molecule has 0 aliphatic heterocycles. The second kappa shape index (κ2) is 3.81. The molecule has 2 nitrogen and oxygen atoms in total. The predicted molar refractivity (Wildman–Crippen MR) is 62.5 cm³/mol. The van der Waals surface area contributed by atoms with E-state index in [1.807, 2.05) is 18.4 Å². The maximum Gasteiger partial charge on any atom is 0.197 e. The van der Waals surface area contributed by atoms with E-state index in [-0.39, 0.29) is 0 Å². The number of hydrogen-bond donors (Lipinski definition) is 1. The number of rotatable bonds is 1. The van der Waals surface area contributed by atoms with Crippen LogP contribution in [0, 0.1) is 11.7 Å². The van der Waals surface area contributed by atoms with E-state index in [1.165, 1.54) is 0 Å². The summed E-state index contributed by atoms with van der Waals surface area (Å²) >= 11 is 12.6. The summed E-state index contributed by atoms with van der Waals surface area (Å²) in [6.07, 6.45) is 1.75. The Bertz CT molecular complexity index is 516. The van der Waals surface area contributed by atoms with Gasteiger partial charge in [0, 0.05) is 6.20 Å². The smallest absolute Gasteiger partial charge is 0.197 e. The van der Waals surface area contributed by atoms with E-state index in [0.717, 1.165) is 21.2 Å². The quantitative estimate of drug-likeness (QED) is 0.770. The topological polar surface area (TPSA) is 28.7 Å². The zero-order valence-corrected chi connectivity index (χ0v) is 9.76. The van der Waals surface area contributed by atoms with Gasteiger partial charge in [-0.3, -0.25) is 0 Å². The number of aromatic amines is 1. The molecule has 72 valence electrons. The van der Waals surface area contributed by atoms with Crippen molar-refractivity contribution in [2.45, 2.75) is 6.92 Å². The number of H-pyrrole nitrogens is 1. The Balaban J connectivity index is 2.68. The first-order chi connectivity index (χ1) is 6.68. The molecule has 2 rings (SSSR count). The van der Waals surface area contributed by atoms with E-state index in [1.54, 1.807) is 17.5 Å². The molecule has 0 unspecified atom stereocenters. The van der Waals surface area contributed by atoms with Crippen molar-refractivity contribution >= 4 is 35.2 Å². The van der Waals surface area contributed by atoms with Gasteiger partial charge in [0.15, 0.2) is 4.77 Å². The first-order valence-corrected chi connectivity index (χ1v) is 5.64. The van der Waals surface area contributed by atoms with Crippen LogP contribution in [0.25, 0.3) is 10.6 Å². The predicted octanol–water partition coefficient (Wildman–Crippen LogP) is 3.83. The number of aromatic nitrogens is 2. The fourth-order valence-corrected chi connectivity index (χ4v) is 2.54. The van der Waals surface area contributed by atoms with Gasteiger partial charge in [-0.05, 0) is 36.2 Å². The largest absolute Gasteiger partial charge is 0.329 e. The molecule has 1 N–H and O–H groups in total. The molecule has 2 aromatic rings. The van der Waals surface area contributed by atoms with Crippen molar-refractivity contribution in [3.8, 4) is 10.6 Å². The maximum absolute atomic E-state index is 6.03. The fourth-order valence-electron chi connectivity index (χ4n) is 1.17. The lowest BCUT2D eigenvalue weighted by Gasteiger charge is -2.02. The lowest BCUT2D eigenvalue weighted by Crippen LogP contribution is -1.89. The van der Waals surface area contributed by atoms with E-state index in [4.69, 9.17) is 23.8 Å². The lowest BCUT2D eigenvalue weighted by atomic mass is 10.2. The zero-order valence-electron chi connectivity index (χ0n) is 7.37. The SMILES string of the molecule is Cc1cnc(=S)[nH]c1-c1sccc1Cl. The number of halogens is 1. The molecular formula is C9H7ClN2S2. The van der Waals surface area contributed by atoms with Gasteiger partial charge >= 0.3 is 0 Å². The van der Waals surface area contributed by atoms with Crippen LogP contribution in [0.1, 0.15) is 5.56 Å². The second-order valence-corrected chi connectivity index (χ2v) is 4.55. The highest BCUT2D eigenvalue weighted by atomic mass is 35.5. The minimum atomic E-state index is 0.482. The molecular weight excluding hydrogens is 236 g/mol. The summed E-state index contributed by atoms with van der Waals surface area (Å²) in [5, 5.41) is 2.70. The number of thiophene rings is 1. The van der Waals surface area contributed by atoms with Gasteiger partial charge in [-0.2, -0.15) is 0 Å². The summed E-state index contributed by atoms with van der Waals surface area (Å²) in [7, 11) is 0. The van der Waals surface area contributed by atoms with Gasteiger partial charge in [-0.25, -0.2) is 4.98 Å². The van der Waals surface area contributed by atoms with Gasteiger partial charge in [0.25, 0.3) is 0 Å². The van der Waals surface area contributed by atoms with Crippen molar-refractivity contribution in [1.29, 1.82) is 0 Å². The molecule has 2 aromatic heterocycles. The molecule has 0 spiro atoms. The highest BCUT2D eigenvalue weighted by Crippen LogP contribution is 2.33. The van der Waals surface area contributed by atoms with Gasteiger partial charge < -0.3 is 4.98 Å². The minimum Gasteiger partial charge on any atom is -0.329 e. The Labute approximate surface area is 95.6 Å². The van der Waals surface area contributed by atoms with E-state index in [0.29, 0.717) is 4.77 Å². The summed E-state index contributed by atoms with van der Waals surface area (Å²) in [6, 6.07) is 1.87. The van der Waals surface area contributed by atoms with Crippen molar-refractivity contribution in [2.75, 3.05) is 0 Å². The third kappa shape index (κ3) is 1.73. The number of hydrogen-bond acceptors (Lipinski definition) is 3. The maximum atomic E-state index is 6.03. The molecule has 14 heavy (non-hydrogen) atoms. The zero-order chi connectivity index (χ0) is 10.1. The van der Waals surface area contributed by atoms with Crippen molar-refractivity contribution in [2.24, 2.45) is 0 Å². The molecule has 0 fully saturated rings. The third-order valence-electron chi connectivity index (χ3n) is 1.85. The standard InChI is InChI=1S/C9H7ClN2S2/c1-5-4-11-9(13)12-7(5)8-6(10)2-3-14-8/h2-4H,1H3,(H,11,12,13). The molecule has 0 amide bonds. The van der Waals surface area contributed by atoms with Crippen LogP contribution >= 0.6 is 35.2 Å². The highest BCUT2D eigenvalue weighted by Gasteiger charge is 2.08. The van der Waals surface area contributed by atoms with Gasteiger partial charge in [0.1, 0.15) is 0 Å². The van der Waals surface area contributed by atoms with Gasteiger partial charge in [0.2, 0.25) is 0 Å². The number of aryl methyl sites for hydroxylation is 1. The normalized spacial score (nSPS) is 10.4. The van der Waals surface area contributed by atoms with Gasteiger partial charge in [-0.1, -0.05) is 11.6 Å². The van der Waals surface area contributed by atoms with E-state index >= 15 is 0 Å². The average Bonchev–Trinajstić information content (AvgIpc) is 2.56. The first-order valence-electron chi connectivity index (χ1n) is 3.98. The Morgan fingerprint density at radius 3 is 3.00 bits per heavy atom. The molecule has 0 radical (unpaired) electrons. The Kier molecular flexibility index (Phi) is 2.67. The summed E-state index contributed by atoms with van der Waals surface area (Å²) in [4.78, 5) is 8.06. The first kappa shape index (κ1) is 9.83. The molecule has 0 aromatic carbocycles. The molecule has 0 saturated heterocycles. The van der Waals surface area contributed by atoms with E-state index in [9.17, 15) is 0 Å². The summed E-state index contributed by atoms with van der Waals surface area (Å²) in [5.74, 6) is 0. The van der Waals surface area contributed by atoms with Crippen molar-refractivity contribution in [3.05, 3.63) is 33.0 Å². The molecule has 0 saturated carbocycles. The minimum absolute atomic E-state index is 0.482. The molecule has 2 heterocycles. The molecule has 0 aliphatic rings. The third-order valence-corrected chi connectivity index (χ3v) is 3.41. The second-order valence-electron chi connectivity index (χ2n) is 2.84. The van der Waals surface area contributed by atoms with Crippen molar-refractivity contribution in [3.63, 3.8) is 0 Å². The summed E-state index contributed by atoms with van der Waals surface area (Å²) in [6.45, 7) is 1.98. The van der Waals surface area contributed by atoms with E-state index < -0.39 is 0 Å². The van der Waals surface area contributed by atoms with E-state index in [2.05, 4.69) is 9.97 Å². The summed E-state index contributed by atoms with van der Waals surface area (Å²) in [5.41, 5.74) is 2.01. The van der Waals surface area contributed by atoms with Crippen molar-refractivity contribution < 1.29 is 0 Å². The van der Waals surface area contributed by atoms with Crippen LogP contribution in [-0.2, 0) is 0 Å². The van der Waals surface area contributed by atoms with Crippen LogP contribution in [0.3, 0.4) is 0 Å². The fraction of sp³-hybridized carbons (Fsp3) is 0.111. The molecule has 0 aliphatic carbocycles. The van der Waals surface area contributed by atoms with Crippen molar-refractivity contribution in [1.82, 2.24) is 9.97 Å². The Hall–Kier alpha value is -0.710. The molecule has 5 heteroatoms. The van der Waals surface area contributed by atoms with Crippen LogP contribution in [0.2, 0.25) is 5.02 Å². The van der Waals surface area contributed by atoms with Gasteiger partial charge in [0.05, 0.1) is 15.6 Å². The van der Waals surface area contributed by atoms with Crippen LogP contribution in [0.4, 0.5) is 0 Å². The Morgan fingerprint density at radius 2 is 2.36 bits per heavy atom. The lowest BCUT2D eigenvalue weighted by molar-refractivity contribution is 1.11. The molecule has 0 atom stereocenters. The van der Waals surface area contributed by atoms with Crippen LogP contribution in [-0.4, -0.2) is 9.97 Å². The average molecular weight is 243 g/mol. The van der Waals surface area contributed by atoms with Crippen LogP contribution in [0.15, 0.2) is 17.6 Å². The van der Waals surface area contributed by atoms with Crippen LogP contribution in [0.5, 0.6) is 0 Å². The Morgan fingerprint density at radius 1 is 1.57 bits per heavy atom. The summed E-state index contributed by atoms with van der Waals surface area (Å²) < 4.78 is 0.482. The number of nitrogens with one attached hydrogen (secondary N) is 1. The van der Waals surface area contributed by atoms with Gasteiger partial charge in [-0.15, -0.1) is 11.3 Å². The van der Waals surface area contributed by atoms with Crippen LogP contribution < -0.4 is 0 Å². The highest BCUT2D eigenvalue weighted by molar-refractivity contribution is 7.71.